The highest BCUT2D eigenvalue weighted by Gasteiger charge is 2.17. The molecular weight excluding hydrogens is 337 g/mol. The zero-order valence-corrected chi connectivity index (χ0v) is 14.9. The number of nitrogens with two attached hydrogens (primary N) is 1. The van der Waals surface area contributed by atoms with Gasteiger partial charge in [0.1, 0.15) is 5.82 Å². The fourth-order valence-corrected chi connectivity index (χ4v) is 3.22. The van der Waals surface area contributed by atoms with Crippen LogP contribution in [0.5, 0.6) is 0 Å². The van der Waals surface area contributed by atoms with Gasteiger partial charge in [-0.2, -0.15) is 0 Å². The molecule has 1 aliphatic rings. The quantitative estimate of drug-likeness (QED) is 0.896. The topological polar surface area (TPSA) is 67.8 Å². The van der Waals surface area contributed by atoms with E-state index >= 15 is 0 Å². The molecule has 0 bridgehead atoms. The summed E-state index contributed by atoms with van der Waals surface area (Å²) in [7, 11) is 0. The molecule has 0 radical (unpaired) electrons. The van der Waals surface area contributed by atoms with Crippen LogP contribution in [-0.2, 0) is 4.79 Å². The summed E-state index contributed by atoms with van der Waals surface area (Å²) in [4.78, 5) is 20.6. The highest BCUT2D eigenvalue weighted by Crippen LogP contribution is 2.35. The Labute approximate surface area is 150 Å². The lowest BCUT2D eigenvalue weighted by Gasteiger charge is -2.07. The Morgan fingerprint density at radius 3 is 2.32 bits per heavy atom. The number of fused-ring (bicyclic) bond motifs is 1. The van der Waals surface area contributed by atoms with Crippen molar-refractivity contribution in [3.8, 4) is 0 Å². The van der Waals surface area contributed by atoms with Gasteiger partial charge in [0.05, 0.1) is 27.9 Å². The molecule has 0 saturated carbocycles. The zero-order chi connectivity index (χ0) is 18.0. The molecule has 0 aliphatic carbocycles. The van der Waals surface area contributed by atoms with Crippen molar-refractivity contribution in [3.63, 3.8) is 0 Å². The molecule has 2 N–H and O–H groups in total. The van der Waals surface area contributed by atoms with Crippen LogP contribution >= 0.6 is 11.8 Å². The van der Waals surface area contributed by atoms with E-state index < -0.39 is 5.91 Å². The Bertz CT molecular complexity index is 888. The molecule has 1 heterocycles. The summed E-state index contributed by atoms with van der Waals surface area (Å²) in [5.74, 6) is -0.519. The van der Waals surface area contributed by atoms with Crippen molar-refractivity contribution in [2.75, 3.05) is 5.75 Å². The van der Waals surface area contributed by atoms with Crippen LogP contribution in [-0.4, -0.2) is 22.4 Å². The first kappa shape index (κ1) is 17.4. The predicted molar refractivity (Wildman–Crippen MR) is 102 cm³/mol. The fourth-order valence-electron chi connectivity index (χ4n) is 2.51. The zero-order valence-electron chi connectivity index (χ0n) is 14.0. The van der Waals surface area contributed by atoms with Crippen molar-refractivity contribution in [3.05, 3.63) is 58.9 Å². The largest absolute Gasteiger partial charge is 0.369 e. The normalized spacial score (nSPS) is 13.6. The first-order chi connectivity index (χ1) is 11.9. The number of aliphatic imine (C=N–C) groups is 2. The molecule has 1 amide bonds. The summed E-state index contributed by atoms with van der Waals surface area (Å²) in [6.45, 7) is 4.05. The van der Waals surface area contributed by atoms with Crippen molar-refractivity contribution in [1.82, 2.24) is 0 Å². The molecule has 4 nitrogen and oxygen atoms in total. The van der Waals surface area contributed by atoms with Gasteiger partial charge in [-0.1, -0.05) is 12.1 Å². The lowest BCUT2D eigenvalue weighted by Crippen LogP contribution is -2.15. The number of hydrogen-bond donors (Lipinski definition) is 1. The van der Waals surface area contributed by atoms with Gasteiger partial charge in [0, 0.05) is 6.42 Å². The molecule has 2 aromatic rings. The van der Waals surface area contributed by atoms with E-state index in [0.29, 0.717) is 6.42 Å². The minimum atomic E-state index is -0.391. The van der Waals surface area contributed by atoms with Crippen LogP contribution in [0.4, 0.5) is 15.8 Å². The number of amides is 1. The molecule has 0 saturated heterocycles. The van der Waals surface area contributed by atoms with Gasteiger partial charge >= 0.3 is 0 Å². The van der Waals surface area contributed by atoms with Crippen molar-refractivity contribution in [2.24, 2.45) is 15.7 Å². The van der Waals surface area contributed by atoms with Gasteiger partial charge in [0.2, 0.25) is 5.91 Å². The van der Waals surface area contributed by atoms with Crippen molar-refractivity contribution >= 4 is 39.8 Å². The number of nitrogens with zero attached hydrogens (tertiary/aromatic N) is 2. The van der Waals surface area contributed by atoms with Gasteiger partial charge in [-0.25, -0.2) is 9.38 Å². The second-order valence-corrected chi connectivity index (χ2v) is 6.98. The third-order valence-electron chi connectivity index (χ3n) is 3.97. The average molecular weight is 355 g/mol. The number of hydrogen-bond acceptors (Lipinski definition) is 4. The molecule has 3 rings (SSSR count). The summed E-state index contributed by atoms with van der Waals surface area (Å²) in [5.41, 5.74) is 10.7. The Balaban J connectivity index is 2.07. The van der Waals surface area contributed by atoms with Crippen LogP contribution in [0.3, 0.4) is 0 Å². The number of aryl methyl sites for hydroxylation is 2. The fraction of sp³-hybridized carbons (Fsp3) is 0.211. The highest BCUT2D eigenvalue weighted by atomic mass is 32.2. The monoisotopic (exact) mass is 355 g/mol. The third-order valence-corrected chi connectivity index (χ3v) is 4.97. The molecule has 128 valence electrons. The van der Waals surface area contributed by atoms with Crippen LogP contribution in [0.1, 0.15) is 23.1 Å². The number of rotatable bonds is 3. The summed E-state index contributed by atoms with van der Waals surface area (Å²) < 4.78 is 13.2. The number of thioether (sulfide) groups is 1. The highest BCUT2D eigenvalue weighted by molar-refractivity contribution is 8.14. The molecule has 2 aromatic carbocycles. The lowest BCUT2D eigenvalue weighted by atomic mass is 10.1. The van der Waals surface area contributed by atoms with Crippen molar-refractivity contribution in [1.29, 1.82) is 0 Å². The van der Waals surface area contributed by atoms with Crippen LogP contribution in [0.25, 0.3) is 0 Å². The van der Waals surface area contributed by atoms with Gasteiger partial charge < -0.3 is 5.73 Å². The van der Waals surface area contributed by atoms with E-state index in [2.05, 4.69) is 4.99 Å². The second-order valence-electron chi connectivity index (χ2n) is 5.93. The maximum absolute atomic E-state index is 13.2. The molecule has 0 unspecified atom stereocenters. The first-order valence-corrected chi connectivity index (χ1v) is 8.84. The number of benzene rings is 2. The maximum atomic E-state index is 13.2. The standard InChI is InChI=1S/C19H18FN3OS/c1-11-7-16-17(8-12(11)2)23-19(25-10-18(21)24)9-15(22-16)13-3-5-14(20)6-4-13/h3-8H,9-10H2,1-2H3,(H2,21,24). The summed E-state index contributed by atoms with van der Waals surface area (Å²) in [6.07, 6.45) is 0.469. The molecule has 0 spiro atoms. The van der Waals surface area contributed by atoms with Crippen LogP contribution < -0.4 is 5.73 Å². The molecule has 1 aliphatic heterocycles. The van der Waals surface area contributed by atoms with E-state index in [1.807, 2.05) is 26.0 Å². The van der Waals surface area contributed by atoms with E-state index in [1.165, 1.54) is 23.9 Å². The Morgan fingerprint density at radius 1 is 1.12 bits per heavy atom. The Kier molecular flexibility index (Phi) is 4.99. The smallest absolute Gasteiger partial charge is 0.227 e. The predicted octanol–water partition coefficient (Wildman–Crippen LogP) is 4.22. The molecule has 0 atom stereocenters. The van der Waals surface area contributed by atoms with Crippen LogP contribution in [0, 0.1) is 19.7 Å². The minimum Gasteiger partial charge on any atom is -0.369 e. The van der Waals surface area contributed by atoms with E-state index in [-0.39, 0.29) is 11.6 Å². The minimum absolute atomic E-state index is 0.162. The molecule has 0 fully saturated rings. The molecule has 25 heavy (non-hydrogen) atoms. The van der Waals surface area contributed by atoms with Gasteiger partial charge in [0.25, 0.3) is 0 Å². The number of primary amides is 1. The summed E-state index contributed by atoms with van der Waals surface area (Å²) >= 11 is 1.31. The van der Waals surface area contributed by atoms with Crippen LogP contribution in [0.15, 0.2) is 46.4 Å². The SMILES string of the molecule is Cc1cc2c(cc1C)N=C(c1ccc(F)cc1)CC(SCC(N)=O)=N2. The molecule has 6 heteroatoms. The van der Waals surface area contributed by atoms with E-state index in [9.17, 15) is 9.18 Å². The maximum Gasteiger partial charge on any atom is 0.227 e. The number of carbonyl (C=O) groups is 1. The van der Waals surface area contributed by atoms with Gasteiger partial charge in [-0.05, 0) is 54.8 Å². The molecular formula is C19H18FN3OS. The van der Waals surface area contributed by atoms with Crippen molar-refractivity contribution < 1.29 is 9.18 Å². The average Bonchev–Trinajstić information content (AvgIpc) is 2.73. The van der Waals surface area contributed by atoms with E-state index in [0.717, 1.165) is 38.8 Å². The van der Waals surface area contributed by atoms with Gasteiger partial charge in [-0.3, -0.25) is 9.79 Å². The van der Waals surface area contributed by atoms with Crippen LogP contribution in [0.2, 0.25) is 0 Å². The third kappa shape index (κ3) is 4.14. The van der Waals surface area contributed by atoms with E-state index in [4.69, 9.17) is 10.7 Å². The Morgan fingerprint density at radius 2 is 1.72 bits per heavy atom. The second kappa shape index (κ2) is 7.19. The number of halogens is 1. The summed E-state index contributed by atoms with van der Waals surface area (Å²) in [5, 5.41) is 0.767. The lowest BCUT2D eigenvalue weighted by molar-refractivity contribution is -0.115. The molecule has 0 aromatic heterocycles. The number of carbonyl (C=O) groups excluding carboxylic acids is 1. The first-order valence-electron chi connectivity index (χ1n) is 7.86. The van der Waals surface area contributed by atoms with E-state index in [1.54, 1.807) is 12.1 Å². The van der Waals surface area contributed by atoms with Gasteiger partial charge in [0.15, 0.2) is 0 Å². The van der Waals surface area contributed by atoms with Crippen molar-refractivity contribution in [2.45, 2.75) is 20.3 Å². The summed E-state index contributed by atoms with van der Waals surface area (Å²) in [6, 6.07) is 10.2. The Hall–Kier alpha value is -2.47. The van der Waals surface area contributed by atoms with Gasteiger partial charge in [-0.15, -0.1) is 11.8 Å².